The van der Waals surface area contributed by atoms with Gasteiger partial charge in [-0.05, 0) is 61.2 Å². The Labute approximate surface area is 161 Å². The van der Waals surface area contributed by atoms with Crippen molar-refractivity contribution in [1.29, 1.82) is 0 Å². The van der Waals surface area contributed by atoms with Crippen LogP contribution >= 0.6 is 0 Å². The minimum atomic E-state index is -0.479. The van der Waals surface area contributed by atoms with Gasteiger partial charge in [-0.3, -0.25) is 4.98 Å². The molecule has 0 aliphatic rings. The zero-order chi connectivity index (χ0) is 19.1. The van der Waals surface area contributed by atoms with Crippen LogP contribution in [0.4, 0.5) is 0 Å². The second kappa shape index (κ2) is 9.33. The number of rotatable bonds is 8. The van der Waals surface area contributed by atoms with E-state index in [0.717, 1.165) is 29.0 Å². The molecule has 1 N–H and O–H groups in total. The summed E-state index contributed by atoms with van der Waals surface area (Å²) in [6.07, 6.45) is 4.91. The fraction of sp³-hybridized carbons (Fsp3) is 0.292. The third-order valence-electron chi connectivity index (χ3n) is 4.51. The fourth-order valence-electron chi connectivity index (χ4n) is 3.03. The minimum Gasteiger partial charge on any atom is -0.491 e. The van der Waals surface area contributed by atoms with E-state index in [1.807, 2.05) is 36.5 Å². The van der Waals surface area contributed by atoms with Gasteiger partial charge in [-0.15, -0.1) is 0 Å². The van der Waals surface area contributed by atoms with Crippen molar-refractivity contribution in [3.63, 3.8) is 0 Å². The van der Waals surface area contributed by atoms with Crippen molar-refractivity contribution in [1.82, 2.24) is 4.98 Å². The standard InChI is InChI=1S/C24H27NO2/c1-3-4-6-19-8-10-20(11-9-19)23-7-5-16-25-24(23)21-12-14-22(15-13-21)27-17-18(2)26/h5,7-16,18,26H,3-4,6,17H2,1-2H3/t18-/m0/s1. The average Bonchev–Trinajstić information content (AvgIpc) is 2.71. The molecule has 3 aromatic rings. The minimum absolute atomic E-state index is 0.290. The Morgan fingerprint density at radius 1 is 0.963 bits per heavy atom. The smallest absolute Gasteiger partial charge is 0.119 e. The van der Waals surface area contributed by atoms with Gasteiger partial charge in [0.05, 0.1) is 11.8 Å². The summed E-state index contributed by atoms with van der Waals surface area (Å²) in [5, 5.41) is 9.34. The molecule has 0 unspecified atom stereocenters. The molecule has 0 amide bonds. The summed E-state index contributed by atoms with van der Waals surface area (Å²) < 4.78 is 5.55. The fourth-order valence-corrected chi connectivity index (χ4v) is 3.03. The van der Waals surface area contributed by atoms with E-state index in [4.69, 9.17) is 4.74 Å². The number of pyridine rings is 1. The van der Waals surface area contributed by atoms with E-state index in [9.17, 15) is 5.11 Å². The molecule has 140 valence electrons. The summed E-state index contributed by atoms with van der Waals surface area (Å²) in [6, 6.07) is 20.8. The molecule has 3 nitrogen and oxygen atoms in total. The third kappa shape index (κ3) is 5.18. The molecular weight excluding hydrogens is 334 g/mol. The van der Waals surface area contributed by atoms with Crippen LogP contribution < -0.4 is 4.74 Å². The lowest BCUT2D eigenvalue weighted by Gasteiger charge is -2.11. The van der Waals surface area contributed by atoms with Crippen molar-refractivity contribution < 1.29 is 9.84 Å². The summed E-state index contributed by atoms with van der Waals surface area (Å²) in [7, 11) is 0. The van der Waals surface area contributed by atoms with Crippen LogP contribution in [-0.4, -0.2) is 22.8 Å². The van der Waals surface area contributed by atoms with Gasteiger partial charge in [-0.2, -0.15) is 0 Å². The number of unbranched alkanes of at least 4 members (excludes halogenated alkanes) is 1. The van der Waals surface area contributed by atoms with Gasteiger partial charge >= 0.3 is 0 Å². The quantitative estimate of drug-likeness (QED) is 0.574. The van der Waals surface area contributed by atoms with Gasteiger partial charge < -0.3 is 9.84 Å². The van der Waals surface area contributed by atoms with Crippen LogP contribution in [-0.2, 0) is 6.42 Å². The number of nitrogens with zero attached hydrogens (tertiary/aromatic N) is 1. The topological polar surface area (TPSA) is 42.4 Å². The highest BCUT2D eigenvalue weighted by molar-refractivity contribution is 5.80. The largest absolute Gasteiger partial charge is 0.491 e. The number of hydrogen-bond donors (Lipinski definition) is 1. The lowest BCUT2D eigenvalue weighted by Crippen LogP contribution is -2.12. The highest BCUT2D eigenvalue weighted by atomic mass is 16.5. The third-order valence-corrected chi connectivity index (χ3v) is 4.51. The Morgan fingerprint density at radius 3 is 2.33 bits per heavy atom. The second-order valence-electron chi connectivity index (χ2n) is 6.88. The molecule has 0 fully saturated rings. The van der Waals surface area contributed by atoms with Crippen molar-refractivity contribution >= 4 is 0 Å². The summed E-state index contributed by atoms with van der Waals surface area (Å²) in [6.45, 7) is 4.22. The number of aromatic nitrogens is 1. The first-order chi connectivity index (χ1) is 13.2. The lowest BCUT2D eigenvalue weighted by atomic mass is 9.97. The molecule has 1 atom stereocenters. The van der Waals surface area contributed by atoms with Crippen LogP contribution in [0, 0.1) is 0 Å². The zero-order valence-electron chi connectivity index (χ0n) is 16.1. The normalized spacial score (nSPS) is 12.0. The molecular formula is C24H27NO2. The zero-order valence-corrected chi connectivity index (χ0v) is 16.1. The summed E-state index contributed by atoms with van der Waals surface area (Å²) in [5.41, 5.74) is 5.68. The van der Waals surface area contributed by atoms with Gasteiger partial charge in [0.15, 0.2) is 0 Å². The lowest BCUT2D eigenvalue weighted by molar-refractivity contribution is 0.123. The molecule has 0 saturated carbocycles. The Kier molecular flexibility index (Phi) is 6.61. The first-order valence-electron chi connectivity index (χ1n) is 9.63. The van der Waals surface area contributed by atoms with Crippen LogP contribution in [0.2, 0.25) is 0 Å². The van der Waals surface area contributed by atoms with Gasteiger partial charge in [0.1, 0.15) is 12.4 Å². The van der Waals surface area contributed by atoms with E-state index < -0.39 is 6.10 Å². The Bertz CT molecular complexity index is 839. The van der Waals surface area contributed by atoms with E-state index in [0.29, 0.717) is 6.61 Å². The van der Waals surface area contributed by atoms with E-state index in [1.54, 1.807) is 6.92 Å². The molecule has 2 aromatic carbocycles. The Morgan fingerprint density at radius 2 is 1.67 bits per heavy atom. The predicted molar refractivity (Wildman–Crippen MR) is 111 cm³/mol. The van der Waals surface area contributed by atoms with Gasteiger partial charge in [-0.25, -0.2) is 0 Å². The number of aliphatic hydroxyl groups is 1. The van der Waals surface area contributed by atoms with E-state index in [-0.39, 0.29) is 0 Å². The number of ether oxygens (including phenoxy) is 1. The van der Waals surface area contributed by atoms with Gasteiger partial charge in [0, 0.05) is 17.3 Å². The highest BCUT2D eigenvalue weighted by Crippen LogP contribution is 2.31. The van der Waals surface area contributed by atoms with E-state index in [2.05, 4.69) is 42.2 Å². The Hall–Kier alpha value is -2.65. The highest BCUT2D eigenvalue weighted by Gasteiger charge is 2.09. The monoisotopic (exact) mass is 361 g/mol. The Balaban J connectivity index is 1.83. The van der Waals surface area contributed by atoms with Crippen LogP contribution in [0.1, 0.15) is 32.3 Å². The average molecular weight is 361 g/mol. The molecule has 0 radical (unpaired) electrons. The van der Waals surface area contributed by atoms with Gasteiger partial charge in [0.25, 0.3) is 0 Å². The van der Waals surface area contributed by atoms with Crippen LogP contribution in [0.5, 0.6) is 5.75 Å². The van der Waals surface area contributed by atoms with Crippen LogP contribution in [0.15, 0.2) is 66.9 Å². The van der Waals surface area contributed by atoms with E-state index >= 15 is 0 Å². The second-order valence-corrected chi connectivity index (χ2v) is 6.88. The van der Waals surface area contributed by atoms with Gasteiger partial charge in [0.2, 0.25) is 0 Å². The van der Waals surface area contributed by atoms with Crippen molar-refractivity contribution in [2.24, 2.45) is 0 Å². The number of benzene rings is 2. The van der Waals surface area contributed by atoms with Crippen molar-refractivity contribution in [2.45, 2.75) is 39.2 Å². The number of aryl methyl sites for hydroxylation is 1. The first kappa shape index (κ1) is 19.1. The molecule has 27 heavy (non-hydrogen) atoms. The molecule has 0 spiro atoms. The van der Waals surface area contributed by atoms with Crippen LogP contribution in [0.25, 0.3) is 22.4 Å². The van der Waals surface area contributed by atoms with Crippen molar-refractivity contribution in [3.8, 4) is 28.1 Å². The first-order valence-corrected chi connectivity index (χ1v) is 9.63. The molecule has 0 bridgehead atoms. The predicted octanol–water partition coefficient (Wildman–Crippen LogP) is 5.52. The van der Waals surface area contributed by atoms with Crippen molar-refractivity contribution in [2.75, 3.05) is 6.61 Å². The van der Waals surface area contributed by atoms with Crippen molar-refractivity contribution in [3.05, 3.63) is 72.4 Å². The molecule has 0 saturated heterocycles. The summed E-state index contributed by atoms with van der Waals surface area (Å²) >= 11 is 0. The maximum Gasteiger partial charge on any atom is 0.119 e. The molecule has 3 rings (SSSR count). The summed E-state index contributed by atoms with van der Waals surface area (Å²) in [4.78, 5) is 4.62. The molecule has 3 heteroatoms. The molecule has 0 aliphatic heterocycles. The summed E-state index contributed by atoms with van der Waals surface area (Å²) in [5.74, 6) is 0.748. The van der Waals surface area contributed by atoms with Crippen LogP contribution in [0.3, 0.4) is 0 Å². The maximum absolute atomic E-state index is 9.34. The number of hydrogen-bond acceptors (Lipinski definition) is 3. The van der Waals surface area contributed by atoms with Gasteiger partial charge in [-0.1, -0.05) is 43.7 Å². The SMILES string of the molecule is CCCCc1ccc(-c2cccnc2-c2ccc(OC[C@H](C)O)cc2)cc1. The molecule has 0 aliphatic carbocycles. The number of aliphatic hydroxyl groups excluding tert-OH is 1. The molecule has 1 aromatic heterocycles. The maximum atomic E-state index is 9.34. The molecule has 1 heterocycles. The van der Waals surface area contributed by atoms with E-state index in [1.165, 1.54) is 24.0 Å².